The first-order chi connectivity index (χ1) is 12.2. The summed E-state index contributed by atoms with van der Waals surface area (Å²) >= 11 is 1.92. The van der Waals surface area contributed by atoms with E-state index in [0.29, 0.717) is 35.4 Å². The molecule has 0 unspecified atom stereocenters. The molecule has 1 aromatic heterocycles. The van der Waals surface area contributed by atoms with Gasteiger partial charge in [0.2, 0.25) is 5.91 Å². The van der Waals surface area contributed by atoms with Gasteiger partial charge in [0.1, 0.15) is 11.3 Å². The minimum atomic E-state index is -0.316. The van der Waals surface area contributed by atoms with E-state index in [0.717, 1.165) is 50.5 Å². The third-order valence-electron chi connectivity index (χ3n) is 5.05. The Morgan fingerprint density at radius 3 is 2.76 bits per heavy atom. The lowest BCUT2D eigenvalue weighted by atomic mass is 9.93. The molecule has 0 atom stereocenters. The summed E-state index contributed by atoms with van der Waals surface area (Å²) in [5.74, 6) is 2.53. The molecular weight excluding hydrogens is 341 g/mol. The Morgan fingerprint density at radius 2 is 2.00 bits per heavy atom. The molecular formula is C18H22FN3O2S. The summed E-state index contributed by atoms with van der Waals surface area (Å²) in [4.78, 5) is 21.0. The number of thioether (sulfide) groups is 1. The molecule has 3 heterocycles. The number of nitrogens with zero attached hydrogens (tertiary/aromatic N) is 3. The predicted molar refractivity (Wildman–Crippen MR) is 97.4 cm³/mol. The van der Waals surface area contributed by atoms with E-state index in [4.69, 9.17) is 4.42 Å². The average molecular weight is 363 g/mol. The van der Waals surface area contributed by atoms with Crippen molar-refractivity contribution in [2.24, 2.45) is 5.92 Å². The van der Waals surface area contributed by atoms with E-state index in [-0.39, 0.29) is 5.82 Å². The first kappa shape index (κ1) is 16.7. The third kappa shape index (κ3) is 3.76. The maximum absolute atomic E-state index is 13.3. The summed E-state index contributed by atoms with van der Waals surface area (Å²) in [6, 6.07) is 4.96. The number of hydrogen-bond donors (Lipinski definition) is 0. The fourth-order valence-electron chi connectivity index (χ4n) is 3.54. The normalized spacial score (nSPS) is 19.6. The highest BCUT2D eigenvalue weighted by Gasteiger charge is 2.26. The second-order valence-corrected chi connectivity index (χ2v) is 7.96. The Labute approximate surface area is 150 Å². The van der Waals surface area contributed by atoms with Crippen LogP contribution >= 0.6 is 11.8 Å². The van der Waals surface area contributed by atoms with Gasteiger partial charge in [0.15, 0.2) is 5.58 Å². The molecule has 2 aromatic rings. The SMILES string of the molecule is O=C(CC1CCN(c2nc3ccc(F)cc3o2)CC1)N1CCSCC1. The van der Waals surface area contributed by atoms with Gasteiger partial charge in [-0.25, -0.2) is 4.39 Å². The molecule has 2 aliphatic rings. The van der Waals surface area contributed by atoms with Crippen LogP contribution in [0, 0.1) is 11.7 Å². The summed E-state index contributed by atoms with van der Waals surface area (Å²) in [7, 11) is 0. The van der Waals surface area contributed by atoms with E-state index in [2.05, 4.69) is 9.88 Å². The van der Waals surface area contributed by atoms with Crippen molar-refractivity contribution >= 4 is 34.8 Å². The van der Waals surface area contributed by atoms with E-state index in [1.165, 1.54) is 12.1 Å². The van der Waals surface area contributed by atoms with E-state index >= 15 is 0 Å². The van der Waals surface area contributed by atoms with Gasteiger partial charge in [-0.05, 0) is 30.9 Å². The molecule has 0 saturated carbocycles. The zero-order chi connectivity index (χ0) is 17.2. The number of amides is 1. The standard InChI is InChI=1S/C18H22FN3O2S/c19-14-1-2-15-16(12-14)24-18(20-15)22-5-3-13(4-6-22)11-17(23)21-7-9-25-10-8-21/h1-2,12-13H,3-11H2. The lowest BCUT2D eigenvalue weighted by Gasteiger charge is -2.32. The van der Waals surface area contributed by atoms with Crippen molar-refractivity contribution in [2.45, 2.75) is 19.3 Å². The van der Waals surface area contributed by atoms with E-state index in [1.54, 1.807) is 6.07 Å². The Bertz CT molecular complexity index is 752. The smallest absolute Gasteiger partial charge is 0.298 e. The molecule has 1 aromatic carbocycles. The molecule has 2 saturated heterocycles. The van der Waals surface area contributed by atoms with Crippen LogP contribution in [0.1, 0.15) is 19.3 Å². The first-order valence-electron chi connectivity index (χ1n) is 8.85. The van der Waals surface area contributed by atoms with E-state index < -0.39 is 0 Å². The average Bonchev–Trinajstić information content (AvgIpc) is 3.06. The molecule has 0 bridgehead atoms. The van der Waals surface area contributed by atoms with Gasteiger partial charge in [-0.3, -0.25) is 4.79 Å². The number of piperidine rings is 1. The number of hydrogen-bond acceptors (Lipinski definition) is 5. The maximum atomic E-state index is 13.3. The van der Waals surface area contributed by atoms with Crippen LogP contribution in [0.3, 0.4) is 0 Å². The summed E-state index contributed by atoms with van der Waals surface area (Å²) in [5, 5.41) is 0. The topological polar surface area (TPSA) is 49.6 Å². The maximum Gasteiger partial charge on any atom is 0.298 e. The van der Waals surface area contributed by atoms with Crippen molar-refractivity contribution in [3.8, 4) is 0 Å². The molecule has 0 radical (unpaired) electrons. The molecule has 1 amide bonds. The van der Waals surface area contributed by atoms with Crippen LogP contribution in [-0.4, -0.2) is 53.5 Å². The molecule has 0 spiro atoms. The highest BCUT2D eigenvalue weighted by molar-refractivity contribution is 7.99. The second kappa shape index (κ2) is 7.23. The Hall–Kier alpha value is -1.76. The Kier molecular flexibility index (Phi) is 4.83. The predicted octanol–water partition coefficient (Wildman–Crippen LogP) is 3.15. The summed E-state index contributed by atoms with van der Waals surface area (Å²) in [6.07, 6.45) is 2.57. The fraction of sp³-hybridized carbons (Fsp3) is 0.556. The number of halogens is 1. The molecule has 134 valence electrons. The quantitative estimate of drug-likeness (QED) is 0.838. The van der Waals surface area contributed by atoms with Crippen LogP contribution in [0.25, 0.3) is 11.1 Å². The number of benzene rings is 1. The number of rotatable bonds is 3. The van der Waals surface area contributed by atoms with Crippen LogP contribution in [0.15, 0.2) is 22.6 Å². The van der Waals surface area contributed by atoms with Crippen LogP contribution < -0.4 is 4.90 Å². The largest absolute Gasteiger partial charge is 0.423 e. The molecule has 2 aliphatic heterocycles. The number of fused-ring (bicyclic) bond motifs is 1. The molecule has 5 nitrogen and oxygen atoms in total. The molecule has 0 aliphatic carbocycles. The van der Waals surface area contributed by atoms with Gasteiger partial charge < -0.3 is 14.2 Å². The van der Waals surface area contributed by atoms with Crippen molar-refractivity contribution in [1.29, 1.82) is 0 Å². The van der Waals surface area contributed by atoms with Crippen molar-refractivity contribution in [2.75, 3.05) is 42.6 Å². The highest BCUT2D eigenvalue weighted by atomic mass is 32.2. The van der Waals surface area contributed by atoms with Gasteiger partial charge in [-0.15, -0.1) is 0 Å². The molecule has 4 rings (SSSR count). The lowest BCUT2D eigenvalue weighted by Crippen LogP contribution is -2.40. The van der Waals surface area contributed by atoms with Crippen molar-refractivity contribution in [1.82, 2.24) is 9.88 Å². The first-order valence-corrected chi connectivity index (χ1v) is 10.0. The van der Waals surface area contributed by atoms with E-state index in [9.17, 15) is 9.18 Å². The number of oxazole rings is 1. The van der Waals surface area contributed by atoms with Crippen molar-refractivity contribution in [3.05, 3.63) is 24.0 Å². The minimum absolute atomic E-state index is 0.302. The zero-order valence-electron chi connectivity index (χ0n) is 14.1. The third-order valence-corrected chi connectivity index (χ3v) is 5.99. The summed E-state index contributed by atoms with van der Waals surface area (Å²) in [6.45, 7) is 3.43. The van der Waals surface area contributed by atoms with E-state index in [1.807, 2.05) is 16.7 Å². The molecule has 0 N–H and O–H groups in total. The Balaban J connectivity index is 1.33. The lowest BCUT2D eigenvalue weighted by molar-refractivity contribution is -0.132. The molecule has 25 heavy (non-hydrogen) atoms. The number of carbonyl (C=O) groups is 1. The number of anilines is 1. The minimum Gasteiger partial charge on any atom is -0.423 e. The van der Waals surface area contributed by atoms with Gasteiger partial charge in [-0.2, -0.15) is 16.7 Å². The number of aromatic nitrogens is 1. The fourth-order valence-corrected chi connectivity index (χ4v) is 4.44. The van der Waals surface area contributed by atoms with Crippen LogP contribution in [0.5, 0.6) is 0 Å². The second-order valence-electron chi connectivity index (χ2n) is 6.74. The molecule has 7 heteroatoms. The summed E-state index contributed by atoms with van der Waals surface area (Å²) in [5.41, 5.74) is 1.16. The van der Waals surface area contributed by atoms with Gasteiger partial charge >= 0.3 is 0 Å². The molecule has 2 fully saturated rings. The van der Waals surface area contributed by atoms with Gasteiger partial charge in [0.25, 0.3) is 6.01 Å². The summed E-state index contributed by atoms with van der Waals surface area (Å²) < 4.78 is 19.0. The van der Waals surface area contributed by atoms with Crippen LogP contribution in [0.2, 0.25) is 0 Å². The monoisotopic (exact) mass is 363 g/mol. The van der Waals surface area contributed by atoms with Crippen LogP contribution in [0.4, 0.5) is 10.4 Å². The zero-order valence-corrected chi connectivity index (χ0v) is 14.9. The van der Waals surface area contributed by atoms with Crippen molar-refractivity contribution < 1.29 is 13.6 Å². The van der Waals surface area contributed by atoms with Gasteiger partial charge in [0, 0.05) is 50.2 Å². The highest BCUT2D eigenvalue weighted by Crippen LogP contribution is 2.28. The van der Waals surface area contributed by atoms with Crippen molar-refractivity contribution in [3.63, 3.8) is 0 Å². The van der Waals surface area contributed by atoms with Gasteiger partial charge in [-0.1, -0.05) is 0 Å². The Morgan fingerprint density at radius 1 is 1.24 bits per heavy atom. The number of carbonyl (C=O) groups excluding carboxylic acids is 1. The van der Waals surface area contributed by atoms with Gasteiger partial charge in [0.05, 0.1) is 0 Å². The van der Waals surface area contributed by atoms with Crippen LogP contribution in [-0.2, 0) is 4.79 Å².